The summed E-state index contributed by atoms with van der Waals surface area (Å²) in [6, 6.07) is 13.7. The Morgan fingerprint density at radius 2 is 1.94 bits per heavy atom. The number of aliphatic hydroxyl groups excluding tert-OH is 1. The molecular weight excluding hydrogens is 220 g/mol. The summed E-state index contributed by atoms with van der Waals surface area (Å²) in [5, 5.41) is 11.3. The molecule has 1 aromatic heterocycles. The molecule has 0 spiro atoms. The molecule has 0 radical (unpaired) electrons. The van der Waals surface area contributed by atoms with E-state index in [9.17, 15) is 5.11 Å². The summed E-state index contributed by atoms with van der Waals surface area (Å²) < 4.78 is 5.63. The molecule has 1 atom stereocenters. The third-order valence-corrected chi connectivity index (χ3v) is 3.40. The smallest absolute Gasteiger partial charge is 0.119 e. The number of hydrogen-bond acceptors (Lipinski definition) is 3. The second-order valence-corrected chi connectivity index (χ2v) is 4.50. The van der Waals surface area contributed by atoms with Crippen LogP contribution in [0.1, 0.15) is 10.8 Å². The van der Waals surface area contributed by atoms with Crippen LogP contribution in [-0.4, -0.2) is 18.3 Å². The standard InChI is InChI=1S/C13H14O2S/c14-9-11(13-7-4-8-16-13)10-15-12-5-2-1-3-6-12/h1-8,11,14H,9-10H2. The van der Waals surface area contributed by atoms with Gasteiger partial charge >= 0.3 is 0 Å². The zero-order valence-corrected chi connectivity index (χ0v) is 9.69. The van der Waals surface area contributed by atoms with Gasteiger partial charge in [0.25, 0.3) is 0 Å². The van der Waals surface area contributed by atoms with E-state index in [2.05, 4.69) is 0 Å². The monoisotopic (exact) mass is 234 g/mol. The molecule has 1 N–H and O–H groups in total. The van der Waals surface area contributed by atoms with E-state index in [1.807, 2.05) is 47.8 Å². The summed E-state index contributed by atoms with van der Waals surface area (Å²) in [5.74, 6) is 0.915. The first kappa shape index (κ1) is 11.2. The maximum absolute atomic E-state index is 9.30. The Balaban J connectivity index is 1.94. The van der Waals surface area contributed by atoms with E-state index in [4.69, 9.17) is 4.74 Å². The van der Waals surface area contributed by atoms with Gasteiger partial charge in [-0.15, -0.1) is 11.3 Å². The second kappa shape index (κ2) is 5.68. The van der Waals surface area contributed by atoms with Crippen LogP contribution in [0.5, 0.6) is 5.75 Å². The Hall–Kier alpha value is -1.32. The second-order valence-electron chi connectivity index (χ2n) is 3.52. The molecule has 2 aromatic rings. The third kappa shape index (κ3) is 2.84. The van der Waals surface area contributed by atoms with Gasteiger partial charge in [0.15, 0.2) is 0 Å². The van der Waals surface area contributed by atoms with Crippen LogP contribution in [0.25, 0.3) is 0 Å². The predicted molar refractivity (Wildman–Crippen MR) is 66.1 cm³/mol. The van der Waals surface area contributed by atoms with Crippen LogP contribution in [0, 0.1) is 0 Å². The van der Waals surface area contributed by atoms with Crippen molar-refractivity contribution in [1.82, 2.24) is 0 Å². The van der Waals surface area contributed by atoms with Gasteiger partial charge in [0.1, 0.15) is 5.75 Å². The summed E-state index contributed by atoms with van der Waals surface area (Å²) >= 11 is 1.65. The molecule has 1 unspecified atom stereocenters. The number of hydrogen-bond donors (Lipinski definition) is 1. The lowest BCUT2D eigenvalue weighted by molar-refractivity contribution is 0.207. The van der Waals surface area contributed by atoms with E-state index in [1.54, 1.807) is 11.3 Å². The normalized spacial score (nSPS) is 12.3. The van der Waals surface area contributed by atoms with Gasteiger partial charge in [-0.25, -0.2) is 0 Å². The first-order chi connectivity index (χ1) is 7.90. The molecule has 1 aromatic carbocycles. The molecule has 0 aliphatic rings. The zero-order chi connectivity index (χ0) is 11.2. The highest BCUT2D eigenvalue weighted by Crippen LogP contribution is 2.22. The lowest BCUT2D eigenvalue weighted by Gasteiger charge is -2.13. The summed E-state index contributed by atoms with van der Waals surface area (Å²) in [7, 11) is 0. The van der Waals surface area contributed by atoms with Crippen LogP contribution in [0.3, 0.4) is 0 Å². The van der Waals surface area contributed by atoms with Crippen molar-refractivity contribution < 1.29 is 9.84 Å². The molecule has 0 aliphatic carbocycles. The van der Waals surface area contributed by atoms with Gasteiger partial charge in [-0.05, 0) is 23.6 Å². The highest BCUT2D eigenvalue weighted by atomic mass is 32.1. The highest BCUT2D eigenvalue weighted by Gasteiger charge is 2.12. The molecule has 0 saturated heterocycles. The van der Waals surface area contributed by atoms with Crippen molar-refractivity contribution in [3.63, 3.8) is 0 Å². The number of ether oxygens (including phenoxy) is 1. The average Bonchev–Trinajstić information content (AvgIpc) is 2.85. The molecular formula is C13H14O2S. The van der Waals surface area contributed by atoms with Crippen molar-refractivity contribution in [2.45, 2.75) is 5.92 Å². The number of aliphatic hydroxyl groups is 1. The van der Waals surface area contributed by atoms with Gasteiger partial charge < -0.3 is 9.84 Å². The van der Waals surface area contributed by atoms with Crippen molar-refractivity contribution in [3.05, 3.63) is 52.7 Å². The number of benzene rings is 1. The van der Waals surface area contributed by atoms with E-state index in [0.717, 1.165) is 5.75 Å². The van der Waals surface area contributed by atoms with E-state index in [-0.39, 0.29) is 12.5 Å². The molecule has 0 saturated carbocycles. The highest BCUT2D eigenvalue weighted by molar-refractivity contribution is 7.10. The zero-order valence-electron chi connectivity index (χ0n) is 8.87. The maximum Gasteiger partial charge on any atom is 0.119 e. The van der Waals surface area contributed by atoms with E-state index in [0.29, 0.717) is 6.61 Å². The molecule has 0 fully saturated rings. The number of para-hydroxylation sites is 1. The average molecular weight is 234 g/mol. The van der Waals surface area contributed by atoms with Gasteiger partial charge in [0, 0.05) is 4.88 Å². The van der Waals surface area contributed by atoms with Crippen LogP contribution in [0.4, 0.5) is 0 Å². The van der Waals surface area contributed by atoms with Crippen LogP contribution in [0.15, 0.2) is 47.8 Å². The fourth-order valence-corrected chi connectivity index (χ4v) is 2.27. The lowest BCUT2D eigenvalue weighted by atomic mass is 10.1. The molecule has 0 bridgehead atoms. The Bertz CT molecular complexity index is 397. The van der Waals surface area contributed by atoms with Crippen molar-refractivity contribution in [2.75, 3.05) is 13.2 Å². The van der Waals surface area contributed by atoms with E-state index < -0.39 is 0 Å². The molecule has 2 rings (SSSR count). The molecule has 84 valence electrons. The predicted octanol–water partition coefficient (Wildman–Crippen LogP) is 2.90. The third-order valence-electron chi connectivity index (χ3n) is 2.36. The summed E-state index contributed by atoms with van der Waals surface area (Å²) in [6.07, 6.45) is 0. The lowest BCUT2D eigenvalue weighted by Crippen LogP contribution is -2.12. The van der Waals surface area contributed by atoms with Crippen molar-refractivity contribution in [3.8, 4) is 5.75 Å². The molecule has 0 aliphatic heterocycles. The van der Waals surface area contributed by atoms with Crippen molar-refractivity contribution >= 4 is 11.3 Å². The van der Waals surface area contributed by atoms with E-state index >= 15 is 0 Å². The topological polar surface area (TPSA) is 29.5 Å². The Kier molecular flexibility index (Phi) is 3.97. The minimum Gasteiger partial charge on any atom is -0.493 e. The molecule has 0 amide bonds. The molecule has 1 heterocycles. The Morgan fingerprint density at radius 1 is 1.12 bits per heavy atom. The van der Waals surface area contributed by atoms with Crippen LogP contribution in [-0.2, 0) is 0 Å². The fourth-order valence-electron chi connectivity index (χ4n) is 1.46. The number of rotatable bonds is 5. The number of thiophene rings is 1. The Morgan fingerprint density at radius 3 is 2.56 bits per heavy atom. The van der Waals surface area contributed by atoms with Gasteiger partial charge in [-0.1, -0.05) is 24.3 Å². The van der Waals surface area contributed by atoms with Gasteiger partial charge in [-0.3, -0.25) is 0 Å². The summed E-state index contributed by atoms with van der Waals surface area (Å²) in [6.45, 7) is 0.633. The van der Waals surface area contributed by atoms with Crippen LogP contribution in [0.2, 0.25) is 0 Å². The van der Waals surface area contributed by atoms with Gasteiger partial charge in [0.05, 0.1) is 19.1 Å². The molecule has 3 heteroatoms. The van der Waals surface area contributed by atoms with Crippen LogP contribution < -0.4 is 4.74 Å². The van der Waals surface area contributed by atoms with E-state index in [1.165, 1.54) is 4.88 Å². The summed E-state index contributed by atoms with van der Waals surface area (Å²) in [5.41, 5.74) is 0. The minimum absolute atomic E-state index is 0.0696. The first-order valence-corrected chi connectivity index (χ1v) is 6.10. The van der Waals surface area contributed by atoms with Gasteiger partial charge in [-0.2, -0.15) is 0 Å². The minimum atomic E-state index is 0.0696. The maximum atomic E-state index is 9.30. The SMILES string of the molecule is OCC(COc1ccccc1)c1cccs1. The van der Waals surface area contributed by atoms with Crippen LogP contribution >= 0.6 is 11.3 Å². The summed E-state index contributed by atoms with van der Waals surface area (Å²) in [4.78, 5) is 1.17. The van der Waals surface area contributed by atoms with Crippen molar-refractivity contribution in [2.24, 2.45) is 0 Å². The quantitative estimate of drug-likeness (QED) is 0.862. The first-order valence-electron chi connectivity index (χ1n) is 5.22. The fraction of sp³-hybridized carbons (Fsp3) is 0.231. The molecule has 2 nitrogen and oxygen atoms in total. The Labute approximate surface area is 99.1 Å². The van der Waals surface area contributed by atoms with Crippen molar-refractivity contribution in [1.29, 1.82) is 0 Å². The largest absolute Gasteiger partial charge is 0.493 e. The molecule has 16 heavy (non-hydrogen) atoms. The van der Waals surface area contributed by atoms with Gasteiger partial charge in [0.2, 0.25) is 0 Å².